The highest BCUT2D eigenvalue weighted by Gasteiger charge is 2.20. The van der Waals surface area contributed by atoms with Gasteiger partial charge >= 0.3 is 0 Å². The van der Waals surface area contributed by atoms with Crippen LogP contribution in [0.25, 0.3) is 11.3 Å². The fraction of sp³-hybridized carbons (Fsp3) is 0.346. The molecule has 2 heterocycles. The molecule has 0 atom stereocenters. The average Bonchev–Trinajstić information content (AvgIpc) is 3.36. The van der Waals surface area contributed by atoms with E-state index in [1.54, 1.807) is 18.6 Å². The van der Waals surface area contributed by atoms with E-state index in [9.17, 15) is 4.79 Å². The minimum atomic E-state index is -0.123. The molecule has 0 saturated carbocycles. The van der Waals surface area contributed by atoms with E-state index in [-0.39, 0.29) is 17.9 Å². The Bertz CT molecular complexity index is 1250. The second-order valence-electron chi connectivity index (χ2n) is 9.23. The fourth-order valence-corrected chi connectivity index (χ4v) is 4.08. The number of aliphatic hydroxyl groups excluding tert-OH is 1. The molecule has 0 saturated heterocycles. The van der Waals surface area contributed by atoms with Crippen molar-refractivity contribution in [2.45, 2.75) is 46.1 Å². The van der Waals surface area contributed by atoms with Crippen LogP contribution in [0.2, 0.25) is 0 Å². The minimum absolute atomic E-state index is 0.0813. The van der Waals surface area contributed by atoms with Gasteiger partial charge in [-0.2, -0.15) is 0 Å². The SMILES string of the molecule is Cc1cc(-c2ccnc(NC(C=NCCCO)=CN)n2)ccc1CNC(=O)c1cnc(C(C)(C)C)s1. The summed E-state index contributed by atoms with van der Waals surface area (Å²) in [5, 5.41) is 15.8. The van der Waals surface area contributed by atoms with E-state index >= 15 is 0 Å². The predicted molar refractivity (Wildman–Crippen MR) is 145 cm³/mol. The van der Waals surface area contributed by atoms with Crippen molar-refractivity contribution in [2.24, 2.45) is 10.7 Å². The topological polar surface area (TPSA) is 138 Å². The molecular formula is C26H33N7O2S. The van der Waals surface area contributed by atoms with Crippen LogP contribution in [0.5, 0.6) is 0 Å². The molecule has 5 N–H and O–H groups in total. The number of allylic oxidation sites excluding steroid dienone is 1. The highest BCUT2D eigenvalue weighted by atomic mass is 32.1. The first kappa shape index (κ1) is 27.0. The molecule has 3 rings (SSSR count). The number of carbonyl (C=O) groups excluding carboxylic acids is 1. The number of aliphatic imine (C=N–C) groups is 1. The van der Waals surface area contributed by atoms with Crippen LogP contribution in [0.4, 0.5) is 5.95 Å². The lowest BCUT2D eigenvalue weighted by Crippen LogP contribution is -2.22. The Labute approximate surface area is 215 Å². The summed E-state index contributed by atoms with van der Waals surface area (Å²) < 4.78 is 0. The molecule has 10 heteroatoms. The first-order valence-electron chi connectivity index (χ1n) is 11.7. The van der Waals surface area contributed by atoms with Crippen molar-refractivity contribution in [3.8, 4) is 11.3 Å². The van der Waals surface area contributed by atoms with Crippen molar-refractivity contribution < 1.29 is 9.90 Å². The smallest absolute Gasteiger partial charge is 0.263 e. The number of anilines is 1. The lowest BCUT2D eigenvalue weighted by Gasteiger charge is -2.13. The summed E-state index contributed by atoms with van der Waals surface area (Å²) in [7, 11) is 0. The summed E-state index contributed by atoms with van der Waals surface area (Å²) in [5.41, 5.74) is 9.89. The number of nitrogens with two attached hydrogens (primary N) is 1. The largest absolute Gasteiger partial charge is 0.403 e. The Morgan fingerprint density at radius 1 is 1.25 bits per heavy atom. The maximum Gasteiger partial charge on any atom is 0.263 e. The molecule has 0 bridgehead atoms. The number of nitrogens with one attached hydrogen (secondary N) is 2. The van der Waals surface area contributed by atoms with Crippen LogP contribution in [-0.2, 0) is 12.0 Å². The van der Waals surface area contributed by atoms with E-state index in [2.05, 4.69) is 51.3 Å². The van der Waals surface area contributed by atoms with Crippen molar-refractivity contribution >= 4 is 29.4 Å². The monoisotopic (exact) mass is 507 g/mol. The zero-order valence-electron chi connectivity index (χ0n) is 21.1. The zero-order chi connectivity index (χ0) is 26.1. The quantitative estimate of drug-likeness (QED) is 0.242. The van der Waals surface area contributed by atoms with Gasteiger partial charge in [-0.05, 0) is 36.6 Å². The van der Waals surface area contributed by atoms with E-state index in [0.717, 1.165) is 27.4 Å². The molecule has 0 aliphatic rings. The van der Waals surface area contributed by atoms with Gasteiger partial charge in [0.05, 0.1) is 22.6 Å². The van der Waals surface area contributed by atoms with E-state index in [1.807, 2.05) is 31.2 Å². The number of rotatable bonds is 10. The molecule has 190 valence electrons. The van der Waals surface area contributed by atoms with Gasteiger partial charge in [0.25, 0.3) is 5.91 Å². The van der Waals surface area contributed by atoms with E-state index < -0.39 is 0 Å². The Balaban J connectivity index is 1.65. The molecule has 0 aliphatic carbocycles. The standard InChI is InChI=1S/C26H33N7O2S/c1-17-12-18(21-8-10-29-25(33-21)32-20(13-27)15-28-9-5-11-34)6-7-19(17)14-30-23(35)22-16-31-24(36-22)26(2,3)4/h6-8,10,12-13,15-16,34H,5,9,11,14,27H2,1-4H3,(H,30,35)(H,29,32,33). The molecule has 0 unspecified atom stereocenters. The lowest BCUT2D eigenvalue weighted by molar-refractivity contribution is 0.0954. The third kappa shape index (κ3) is 7.43. The summed E-state index contributed by atoms with van der Waals surface area (Å²) >= 11 is 1.43. The van der Waals surface area contributed by atoms with Crippen LogP contribution in [0.1, 0.15) is 53.0 Å². The maximum atomic E-state index is 12.6. The van der Waals surface area contributed by atoms with Gasteiger partial charge in [0, 0.05) is 49.3 Å². The summed E-state index contributed by atoms with van der Waals surface area (Å²) in [6.07, 6.45) is 6.88. The van der Waals surface area contributed by atoms with Crippen molar-refractivity contribution in [1.29, 1.82) is 0 Å². The average molecular weight is 508 g/mol. The summed E-state index contributed by atoms with van der Waals surface area (Å²) in [5.74, 6) is 0.271. The van der Waals surface area contributed by atoms with Crippen molar-refractivity contribution in [3.05, 3.63) is 69.6 Å². The van der Waals surface area contributed by atoms with Crippen LogP contribution in [0.15, 0.2) is 53.5 Å². The molecule has 3 aromatic rings. The van der Waals surface area contributed by atoms with Gasteiger partial charge in [-0.1, -0.05) is 32.9 Å². The number of hydrogen-bond donors (Lipinski definition) is 4. The Morgan fingerprint density at radius 3 is 2.72 bits per heavy atom. The Hall–Kier alpha value is -3.63. The molecule has 0 radical (unpaired) electrons. The van der Waals surface area contributed by atoms with E-state index in [1.165, 1.54) is 17.5 Å². The number of benzene rings is 1. The Morgan fingerprint density at radius 2 is 2.06 bits per heavy atom. The van der Waals surface area contributed by atoms with Gasteiger partial charge in [0.2, 0.25) is 5.95 Å². The number of aromatic nitrogens is 3. The predicted octanol–water partition coefficient (Wildman–Crippen LogP) is 3.80. The maximum absolute atomic E-state index is 12.6. The number of thiazole rings is 1. The van der Waals surface area contributed by atoms with Gasteiger partial charge in [-0.15, -0.1) is 11.3 Å². The Kier molecular flexibility index (Phi) is 9.26. The highest BCUT2D eigenvalue weighted by molar-refractivity contribution is 7.13. The molecule has 1 amide bonds. The number of carbonyl (C=O) groups is 1. The normalized spacial score (nSPS) is 12.2. The van der Waals surface area contributed by atoms with Crippen molar-refractivity contribution in [1.82, 2.24) is 20.3 Å². The summed E-state index contributed by atoms with van der Waals surface area (Å²) in [4.78, 5) is 30.7. The van der Waals surface area contributed by atoms with E-state index in [0.29, 0.717) is 36.0 Å². The highest BCUT2D eigenvalue weighted by Crippen LogP contribution is 2.27. The van der Waals surface area contributed by atoms with Gasteiger partial charge in [0.1, 0.15) is 4.88 Å². The molecule has 0 fully saturated rings. The lowest BCUT2D eigenvalue weighted by atomic mass is 9.98. The molecule has 36 heavy (non-hydrogen) atoms. The molecule has 0 aliphatic heterocycles. The van der Waals surface area contributed by atoms with Crippen LogP contribution in [-0.4, -0.2) is 45.3 Å². The van der Waals surface area contributed by atoms with Gasteiger partial charge < -0.3 is 21.5 Å². The summed E-state index contributed by atoms with van der Waals surface area (Å²) in [6, 6.07) is 7.83. The number of aryl methyl sites for hydroxylation is 1. The molecule has 1 aromatic carbocycles. The van der Waals surface area contributed by atoms with Gasteiger partial charge in [-0.3, -0.25) is 9.79 Å². The van der Waals surface area contributed by atoms with Crippen LogP contribution < -0.4 is 16.4 Å². The third-order valence-electron chi connectivity index (χ3n) is 5.22. The third-order valence-corrected chi connectivity index (χ3v) is 6.64. The van der Waals surface area contributed by atoms with Crippen molar-refractivity contribution in [3.63, 3.8) is 0 Å². The molecule has 0 spiro atoms. The molecular weight excluding hydrogens is 474 g/mol. The first-order valence-corrected chi connectivity index (χ1v) is 12.5. The second-order valence-corrected chi connectivity index (χ2v) is 10.3. The number of amides is 1. The number of aliphatic hydroxyl groups is 1. The van der Waals surface area contributed by atoms with Crippen LogP contribution >= 0.6 is 11.3 Å². The summed E-state index contributed by atoms with van der Waals surface area (Å²) in [6.45, 7) is 9.27. The van der Waals surface area contributed by atoms with Gasteiger partial charge in [-0.25, -0.2) is 15.0 Å². The molecule has 2 aromatic heterocycles. The number of nitrogens with zero attached hydrogens (tertiary/aromatic N) is 4. The zero-order valence-corrected chi connectivity index (χ0v) is 21.9. The van der Waals surface area contributed by atoms with Crippen LogP contribution in [0.3, 0.4) is 0 Å². The van der Waals surface area contributed by atoms with Crippen LogP contribution in [0, 0.1) is 6.92 Å². The minimum Gasteiger partial charge on any atom is -0.403 e. The van der Waals surface area contributed by atoms with Gasteiger partial charge in [0.15, 0.2) is 0 Å². The fourth-order valence-electron chi connectivity index (χ4n) is 3.19. The molecule has 9 nitrogen and oxygen atoms in total. The second kappa shape index (κ2) is 12.4. The van der Waals surface area contributed by atoms with E-state index in [4.69, 9.17) is 10.8 Å². The number of hydrogen-bond acceptors (Lipinski definition) is 9. The first-order chi connectivity index (χ1) is 17.2. The van der Waals surface area contributed by atoms with Crippen molar-refractivity contribution in [2.75, 3.05) is 18.5 Å².